The molecule has 1 rings (SSSR count). The number of terminal acetylenes is 1. The van der Waals surface area contributed by atoms with Crippen molar-refractivity contribution in [1.29, 1.82) is 0 Å². The van der Waals surface area contributed by atoms with Crippen LogP contribution in [0, 0.1) is 18.2 Å². The van der Waals surface area contributed by atoms with Crippen LogP contribution in [0.4, 0.5) is 4.39 Å². The highest BCUT2D eigenvalue weighted by Crippen LogP contribution is 2.22. The first-order valence-electron chi connectivity index (χ1n) is 3.71. The maximum absolute atomic E-state index is 13.1. The second kappa shape index (κ2) is 4.27. The van der Waals surface area contributed by atoms with Gasteiger partial charge < -0.3 is 5.11 Å². The number of hydrogen-bond donors (Lipinski definition) is 1. The lowest BCUT2D eigenvalue weighted by molar-refractivity contribution is 0.179. The van der Waals surface area contributed by atoms with Crippen LogP contribution in [-0.2, 0) is 0 Å². The monoisotopic (exact) mass is 198 g/mol. The summed E-state index contributed by atoms with van der Waals surface area (Å²) >= 11 is 5.63. The molecule has 0 amide bonds. The van der Waals surface area contributed by atoms with Crippen LogP contribution in [0.15, 0.2) is 18.2 Å². The van der Waals surface area contributed by atoms with Gasteiger partial charge in [0, 0.05) is 17.0 Å². The Bertz CT molecular complexity index is 343. The van der Waals surface area contributed by atoms with E-state index in [1.165, 1.54) is 18.2 Å². The van der Waals surface area contributed by atoms with Gasteiger partial charge >= 0.3 is 0 Å². The molecule has 3 heteroatoms. The third-order valence-corrected chi connectivity index (χ3v) is 1.86. The van der Waals surface area contributed by atoms with Gasteiger partial charge in [-0.25, -0.2) is 4.39 Å². The summed E-state index contributed by atoms with van der Waals surface area (Å²) in [5, 5.41) is 9.77. The van der Waals surface area contributed by atoms with Crippen LogP contribution < -0.4 is 0 Å². The summed E-state index contributed by atoms with van der Waals surface area (Å²) in [5.74, 6) is 1.76. The van der Waals surface area contributed by atoms with E-state index in [1.807, 2.05) is 0 Å². The van der Waals surface area contributed by atoms with Crippen LogP contribution in [0.5, 0.6) is 0 Å². The molecule has 0 fully saturated rings. The Kier molecular flexibility index (Phi) is 3.30. The molecule has 0 aliphatic heterocycles. The van der Waals surface area contributed by atoms with Gasteiger partial charge in [-0.15, -0.1) is 12.3 Å². The molecule has 0 saturated heterocycles. The topological polar surface area (TPSA) is 20.2 Å². The van der Waals surface area contributed by atoms with Gasteiger partial charge in [0.2, 0.25) is 0 Å². The Morgan fingerprint density at radius 3 is 2.92 bits per heavy atom. The molecular weight excluding hydrogens is 191 g/mol. The van der Waals surface area contributed by atoms with Crippen LogP contribution in [0.25, 0.3) is 0 Å². The zero-order valence-electron chi connectivity index (χ0n) is 6.80. The maximum atomic E-state index is 13.1. The van der Waals surface area contributed by atoms with E-state index >= 15 is 0 Å². The van der Waals surface area contributed by atoms with Gasteiger partial charge in [-0.3, -0.25) is 0 Å². The van der Waals surface area contributed by atoms with E-state index in [2.05, 4.69) is 5.92 Å². The van der Waals surface area contributed by atoms with E-state index in [0.29, 0.717) is 5.02 Å². The molecular formula is C10H8ClFO. The number of benzene rings is 1. The minimum absolute atomic E-state index is 0.0806. The normalized spacial score (nSPS) is 12.2. The summed E-state index contributed by atoms with van der Waals surface area (Å²) in [5.41, 5.74) is 0.144. The van der Waals surface area contributed by atoms with E-state index in [1.54, 1.807) is 0 Å². The lowest BCUT2D eigenvalue weighted by atomic mass is 10.1. The fourth-order valence-electron chi connectivity index (χ4n) is 0.992. The van der Waals surface area contributed by atoms with Crippen LogP contribution >= 0.6 is 11.6 Å². The average molecular weight is 199 g/mol. The lowest BCUT2D eigenvalue weighted by Gasteiger charge is -2.08. The van der Waals surface area contributed by atoms with E-state index in [4.69, 9.17) is 18.0 Å². The summed E-state index contributed by atoms with van der Waals surface area (Å²) in [4.78, 5) is 0. The van der Waals surface area contributed by atoms with Crippen molar-refractivity contribution in [1.82, 2.24) is 0 Å². The molecule has 1 aromatic rings. The summed E-state index contributed by atoms with van der Waals surface area (Å²) in [6.45, 7) is 0. The molecule has 0 spiro atoms. The van der Waals surface area contributed by atoms with E-state index in [-0.39, 0.29) is 12.0 Å². The molecule has 1 nitrogen and oxygen atoms in total. The van der Waals surface area contributed by atoms with Crippen LogP contribution in [-0.4, -0.2) is 5.11 Å². The third-order valence-electron chi connectivity index (χ3n) is 1.63. The third kappa shape index (κ3) is 2.45. The summed E-state index contributed by atoms with van der Waals surface area (Å²) < 4.78 is 13.1. The van der Waals surface area contributed by atoms with Crippen LogP contribution in [0.2, 0.25) is 5.02 Å². The predicted octanol–water partition coefficient (Wildman–Crippen LogP) is 2.54. The molecule has 1 unspecified atom stereocenters. The SMILES string of the molecule is C#CCC(O)c1cc(Cl)ccc1F. The van der Waals surface area contributed by atoms with Crippen LogP contribution in [0.1, 0.15) is 18.1 Å². The number of aliphatic hydroxyl groups excluding tert-OH is 1. The molecule has 1 N–H and O–H groups in total. The number of hydrogen-bond acceptors (Lipinski definition) is 1. The second-order valence-electron chi connectivity index (χ2n) is 2.59. The highest BCUT2D eigenvalue weighted by molar-refractivity contribution is 6.30. The van der Waals surface area contributed by atoms with Gasteiger partial charge in [0.15, 0.2) is 0 Å². The Labute approximate surface area is 81.2 Å². The number of halogens is 2. The summed E-state index contributed by atoms with van der Waals surface area (Å²) in [6, 6.07) is 4.00. The average Bonchev–Trinajstić information content (AvgIpc) is 2.09. The fraction of sp³-hybridized carbons (Fsp3) is 0.200. The van der Waals surface area contributed by atoms with Crippen molar-refractivity contribution in [2.45, 2.75) is 12.5 Å². The van der Waals surface area contributed by atoms with Crippen molar-refractivity contribution in [2.24, 2.45) is 0 Å². The van der Waals surface area contributed by atoms with Crippen molar-refractivity contribution >= 4 is 11.6 Å². The molecule has 0 radical (unpaired) electrons. The van der Waals surface area contributed by atoms with Crippen molar-refractivity contribution < 1.29 is 9.50 Å². The van der Waals surface area contributed by atoms with Gasteiger partial charge in [-0.1, -0.05) is 11.6 Å². The van der Waals surface area contributed by atoms with Gasteiger partial charge in [0.05, 0.1) is 6.10 Å². The molecule has 0 bridgehead atoms. The molecule has 0 aliphatic rings. The summed E-state index contributed by atoms with van der Waals surface area (Å²) in [6.07, 6.45) is 4.09. The summed E-state index contributed by atoms with van der Waals surface area (Å²) in [7, 11) is 0. The molecule has 1 atom stereocenters. The zero-order valence-corrected chi connectivity index (χ0v) is 7.55. The molecule has 68 valence electrons. The number of aliphatic hydroxyl groups is 1. The molecule has 0 saturated carbocycles. The molecule has 0 aliphatic carbocycles. The predicted molar refractivity (Wildman–Crippen MR) is 49.8 cm³/mol. The van der Waals surface area contributed by atoms with E-state index in [0.717, 1.165) is 0 Å². The Hall–Kier alpha value is -1.04. The van der Waals surface area contributed by atoms with Crippen molar-refractivity contribution in [3.05, 3.63) is 34.6 Å². The van der Waals surface area contributed by atoms with Gasteiger partial charge in [-0.2, -0.15) is 0 Å². The highest BCUT2D eigenvalue weighted by atomic mass is 35.5. The first-order valence-corrected chi connectivity index (χ1v) is 4.09. The first-order chi connectivity index (χ1) is 6.15. The van der Waals surface area contributed by atoms with E-state index < -0.39 is 11.9 Å². The van der Waals surface area contributed by atoms with E-state index in [9.17, 15) is 9.50 Å². The van der Waals surface area contributed by atoms with Gasteiger partial charge in [-0.05, 0) is 18.2 Å². The smallest absolute Gasteiger partial charge is 0.129 e. The lowest BCUT2D eigenvalue weighted by Crippen LogP contribution is -1.99. The molecule has 13 heavy (non-hydrogen) atoms. The minimum Gasteiger partial charge on any atom is -0.387 e. The minimum atomic E-state index is -0.983. The Balaban J connectivity index is 3.00. The van der Waals surface area contributed by atoms with Crippen LogP contribution in [0.3, 0.4) is 0 Å². The number of rotatable bonds is 2. The maximum Gasteiger partial charge on any atom is 0.129 e. The zero-order chi connectivity index (χ0) is 9.84. The fourth-order valence-corrected chi connectivity index (χ4v) is 1.17. The molecule has 1 aromatic carbocycles. The largest absolute Gasteiger partial charge is 0.387 e. The molecule has 0 heterocycles. The van der Waals surface area contributed by atoms with Gasteiger partial charge in [0.1, 0.15) is 5.82 Å². The highest BCUT2D eigenvalue weighted by Gasteiger charge is 2.11. The molecule has 0 aromatic heterocycles. The van der Waals surface area contributed by atoms with Crippen molar-refractivity contribution in [2.75, 3.05) is 0 Å². The van der Waals surface area contributed by atoms with Crippen molar-refractivity contribution in [3.63, 3.8) is 0 Å². The Morgan fingerprint density at radius 2 is 2.31 bits per heavy atom. The first kappa shape index (κ1) is 10.0. The Morgan fingerprint density at radius 1 is 1.62 bits per heavy atom. The quantitative estimate of drug-likeness (QED) is 0.725. The van der Waals surface area contributed by atoms with Crippen molar-refractivity contribution in [3.8, 4) is 12.3 Å². The van der Waals surface area contributed by atoms with Gasteiger partial charge in [0.25, 0.3) is 0 Å². The standard InChI is InChI=1S/C10H8ClFO/c1-2-3-10(13)8-6-7(11)4-5-9(8)12/h1,4-6,10,13H,3H2. The second-order valence-corrected chi connectivity index (χ2v) is 3.03.